The second kappa shape index (κ2) is 7.47. The van der Waals surface area contributed by atoms with Gasteiger partial charge >= 0.3 is 0 Å². The van der Waals surface area contributed by atoms with Gasteiger partial charge in [0, 0.05) is 18.8 Å². The van der Waals surface area contributed by atoms with E-state index in [4.69, 9.17) is 10.00 Å². The van der Waals surface area contributed by atoms with Crippen molar-refractivity contribution in [3.8, 4) is 11.8 Å². The summed E-state index contributed by atoms with van der Waals surface area (Å²) >= 11 is 0. The molecular weight excluding hydrogens is 328 g/mol. The minimum atomic E-state index is -3.66. The second-order valence-electron chi connectivity index (χ2n) is 5.38. The molecule has 1 aromatic carbocycles. The lowest BCUT2D eigenvalue weighted by molar-refractivity contribution is 0.413. The fraction of sp³-hybridized carbons (Fsp3) is 0.375. The van der Waals surface area contributed by atoms with Gasteiger partial charge < -0.3 is 4.74 Å². The third-order valence-electron chi connectivity index (χ3n) is 3.54. The summed E-state index contributed by atoms with van der Waals surface area (Å²) in [6.45, 7) is 4.80. The van der Waals surface area contributed by atoms with E-state index in [1.165, 1.54) is 25.3 Å². The van der Waals surface area contributed by atoms with E-state index in [1.807, 2.05) is 30.7 Å². The Morgan fingerprint density at radius 3 is 2.67 bits per heavy atom. The molecule has 2 aromatic rings. The van der Waals surface area contributed by atoms with Crippen LogP contribution in [-0.2, 0) is 16.6 Å². The number of nitrogens with zero attached hydrogens (tertiary/aromatic N) is 3. The van der Waals surface area contributed by atoms with Crippen molar-refractivity contribution >= 4 is 10.0 Å². The Labute approximate surface area is 141 Å². The number of aromatic nitrogens is 2. The summed E-state index contributed by atoms with van der Waals surface area (Å²) in [5, 5.41) is 13.4. The van der Waals surface area contributed by atoms with Crippen LogP contribution in [0.25, 0.3) is 0 Å². The summed E-state index contributed by atoms with van der Waals surface area (Å²) in [4.78, 5) is 0.0472. The predicted molar refractivity (Wildman–Crippen MR) is 89.2 cm³/mol. The maximum Gasteiger partial charge on any atom is 0.240 e. The first-order valence-corrected chi connectivity index (χ1v) is 8.94. The van der Waals surface area contributed by atoms with Gasteiger partial charge in [0.2, 0.25) is 10.0 Å². The van der Waals surface area contributed by atoms with E-state index < -0.39 is 10.0 Å². The number of methoxy groups -OCH3 is 1. The van der Waals surface area contributed by atoms with Gasteiger partial charge in [-0.25, -0.2) is 13.1 Å². The maximum atomic E-state index is 12.3. The molecule has 1 heterocycles. The van der Waals surface area contributed by atoms with E-state index in [1.54, 1.807) is 0 Å². The number of rotatable bonds is 7. The first kappa shape index (κ1) is 18.0. The molecule has 0 atom stereocenters. The molecule has 0 amide bonds. The Balaban J connectivity index is 1.99. The smallest absolute Gasteiger partial charge is 0.240 e. The van der Waals surface area contributed by atoms with Gasteiger partial charge in [0.15, 0.2) is 0 Å². The van der Waals surface area contributed by atoms with E-state index in [2.05, 4.69) is 9.82 Å². The van der Waals surface area contributed by atoms with Gasteiger partial charge in [-0.2, -0.15) is 10.4 Å². The van der Waals surface area contributed by atoms with Crippen LogP contribution < -0.4 is 9.46 Å². The van der Waals surface area contributed by atoms with Crippen LogP contribution in [0.15, 0.2) is 29.2 Å². The van der Waals surface area contributed by atoms with Crippen LogP contribution >= 0.6 is 0 Å². The average Bonchev–Trinajstić information content (AvgIpc) is 2.88. The first-order chi connectivity index (χ1) is 11.4. The van der Waals surface area contributed by atoms with Gasteiger partial charge in [-0.15, -0.1) is 0 Å². The van der Waals surface area contributed by atoms with Crippen LogP contribution in [-0.4, -0.2) is 31.9 Å². The maximum absolute atomic E-state index is 12.3. The van der Waals surface area contributed by atoms with Gasteiger partial charge in [0.25, 0.3) is 0 Å². The zero-order valence-corrected chi connectivity index (χ0v) is 14.7. The Bertz CT molecular complexity index is 866. The average molecular weight is 348 g/mol. The minimum absolute atomic E-state index is 0.0472. The second-order valence-corrected chi connectivity index (χ2v) is 7.14. The highest BCUT2D eigenvalue weighted by Gasteiger charge is 2.16. The molecule has 8 heteroatoms. The summed E-state index contributed by atoms with van der Waals surface area (Å²) in [6.07, 6.45) is 0.614. The summed E-state index contributed by atoms with van der Waals surface area (Å²) in [5.74, 6) is 0.348. The van der Waals surface area contributed by atoms with E-state index in [-0.39, 0.29) is 17.0 Å². The van der Waals surface area contributed by atoms with E-state index >= 15 is 0 Å². The lowest BCUT2D eigenvalue weighted by atomic mass is 10.2. The zero-order chi connectivity index (χ0) is 17.7. The van der Waals surface area contributed by atoms with Crippen LogP contribution in [0.2, 0.25) is 0 Å². The highest BCUT2D eigenvalue weighted by Crippen LogP contribution is 2.21. The molecule has 0 saturated carbocycles. The molecule has 128 valence electrons. The first-order valence-electron chi connectivity index (χ1n) is 7.46. The fourth-order valence-corrected chi connectivity index (χ4v) is 3.46. The molecule has 0 aliphatic heterocycles. The van der Waals surface area contributed by atoms with Crippen molar-refractivity contribution in [3.05, 3.63) is 41.2 Å². The summed E-state index contributed by atoms with van der Waals surface area (Å²) in [6, 6.07) is 8.11. The highest BCUT2D eigenvalue weighted by atomic mass is 32.2. The largest absolute Gasteiger partial charge is 0.495 e. The molecule has 0 aliphatic rings. The molecule has 0 fully saturated rings. The fourth-order valence-electron chi connectivity index (χ4n) is 2.36. The summed E-state index contributed by atoms with van der Waals surface area (Å²) in [7, 11) is -2.23. The highest BCUT2D eigenvalue weighted by molar-refractivity contribution is 7.89. The zero-order valence-electron chi connectivity index (χ0n) is 13.9. The van der Waals surface area contributed by atoms with Crippen molar-refractivity contribution in [3.63, 3.8) is 0 Å². The number of ether oxygens (including phenoxy) is 1. The van der Waals surface area contributed by atoms with E-state index in [9.17, 15) is 8.42 Å². The van der Waals surface area contributed by atoms with Crippen molar-refractivity contribution in [1.29, 1.82) is 5.26 Å². The van der Waals surface area contributed by atoms with Crippen LogP contribution in [0.3, 0.4) is 0 Å². The number of nitriles is 1. The molecule has 0 aliphatic carbocycles. The van der Waals surface area contributed by atoms with Gasteiger partial charge in [0.1, 0.15) is 11.8 Å². The molecule has 0 spiro atoms. The molecule has 7 nitrogen and oxygen atoms in total. The van der Waals surface area contributed by atoms with Gasteiger partial charge in [0.05, 0.1) is 23.3 Å². The number of hydrogen-bond acceptors (Lipinski definition) is 5. The number of nitrogens with one attached hydrogen (secondary N) is 1. The normalized spacial score (nSPS) is 11.2. The molecule has 0 saturated heterocycles. The summed E-state index contributed by atoms with van der Waals surface area (Å²) in [5.41, 5.74) is 2.17. The Hall–Kier alpha value is -2.37. The van der Waals surface area contributed by atoms with Gasteiger partial charge in [-0.05, 0) is 44.5 Å². The van der Waals surface area contributed by atoms with Crippen LogP contribution in [0.1, 0.15) is 23.4 Å². The van der Waals surface area contributed by atoms with Crippen molar-refractivity contribution < 1.29 is 13.2 Å². The Morgan fingerprint density at radius 2 is 2.08 bits per heavy atom. The van der Waals surface area contributed by atoms with Crippen molar-refractivity contribution in [1.82, 2.24) is 14.5 Å². The monoisotopic (exact) mass is 348 g/mol. The van der Waals surface area contributed by atoms with Gasteiger partial charge in [-0.1, -0.05) is 0 Å². The molecule has 2 rings (SSSR count). The topological polar surface area (TPSA) is 97.0 Å². The number of sulfonamides is 1. The lowest BCUT2D eigenvalue weighted by Crippen LogP contribution is -2.26. The molecule has 0 unspecified atom stereocenters. The lowest BCUT2D eigenvalue weighted by Gasteiger charge is -2.09. The van der Waals surface area contributed by atoms with Crippen molar-refractivity contribution in [2.45, 2.75) is 31.7 Å². The quantitative estimate of drug-likeness (QED) is 0.769. The third-order valence-corrected chi connectivity index (χ3v) is 5.00. The minimum Gasteiger partial charge on any atom is -0.495 e. The molecule has 1 N–H and O–H groups in total. The van der Waals surface area contributed by atoms with Crippen LogP contribution in [0.5, 0.6) is 5.75 Å². The van der Waals surface area contributed by atoms with Crippen LogP contribution in [0, 0.1) is 25.2 Å². The Morgan fingerprint density at radius 1 is 1.33 bits per heavy atom. The van der Waals surface area contributed by atoms with Crippen LogP contribution in [0.4, 0.5) is 0 Å². The Kier molecular flexibility index (Phi) is 5.59. The van der Waals surface area contributed by atoms with Gasteiger partial charge in [-0.3, -0.25) is 4.68 Å². The molecule has 24 heavy (non-hydrogen) atoms. The number of hydrogen-bond donors (Lipinski definition) is 1. The SMILES string of the molecule is COc1ccc(S(=O)(=O)NCCCn2nc(C)cc2C)cc1C#N. The molecule has 0 bridgehead atoms. The third kappa shape index (κ3) is 4.13. The summed E-state index contributed by atoms with van der Waals surface area (Å²) < 4.78 is 34.0. The predicted octanol–water partition coefficient (Wildman–Crippen LogP) is 1.75. The van der Waals surface area contributed by atoms with E-state index in [0.29, 0.717) is 18.7 Å². The van der Waals surface area contributed by atoms with Crippen molar-refractivity contribution in [2.24, 2.45) is 0 Å². The molecule has 1 aromatic heterocycles. The van der Waals surface area contributed by atoms with Crippen molar-refractivity contribution in [2.75, 3.05) is 13.7 Å². The number of aryl methyl sites for hydroxylation is 3. The number of benzene rings is 1. The van der Waals surface area contributed by atoms with E-state index in [0.717, 1.165) is 11.4 Å². The molecular formula is C16H20N4O3S. The standard InChI is InChI=1S/C16H20N4O3S/c1-12-9-13(2)20(19-12)8-4-7-18-24(21,22)15-5-6-16(23-3)14(10-15)11-17/h5-6,9-10,18H,4,7-8H2,1-3H3. The molecule has 0 radical (unpaired) electrons.